The van der Waals surface area contributed by atoms with E-state index < -0.39 is 17.5 Å². The number of benzene rings is 1. The average Bonchev–Trinajstić information content (AvgIpc) is 3.01. The molecule has 5 nitrogen and oxygen atoms in total. The molecule has 0 bridgehead atoms. The molecule has 4 rings (SSSR count). The van der Waals surface area contributed by atoms with Crippen molar-refractivity contribution in [3.8, 4) is 6.01 Å². The molecule has 0 amide bonds. The van der Waals surface area contributed by atoms with E-state index in [4.69, 9.17) is 4.74 Å². The molecule has 2 fully saturated rings. The van der Waals surface area contributed by atoms with Crippen LogP contribution < -0.4 is 10.3 Å². The van der Waals surface area contributed by atoms with Crippen molar-refractivity contribution in [2.75, 3.05) is 19.7 Å². The number of alkyl halides is 1. The lowest BCUT2D eigenvalue weighted by atomic mass is 9.95. The van der Waals surface area contributed by atoms with Crippen LogP contribution in [0.15, 0.2) is 23.0 Å². The maximum absolute atomic E-state index is 13.7. The van der Waals surface area contributed by atoms with E-state index in [1.807, 2.05) is 0 Å². The van der Waals surface area contributed by atoms with Crippen LogP contribution in [0.1, 0.15) is 19.3 Å². The van der Waals surface area contributed by atoms with Crippen LogP contribution in [-0.2, 0) is 0 Å². The molecule has 1 aromatic heterocycles. The van der Waals surface area contributed by atoms with Gasteiger partial charge in [0.1, 0.15) is 24.0 Å². The van der Waals surface area contributed by atoms with Crippen molar-refractivity contribution in [1.82, 2.24) is 14.9 Å². The fourth-order valence-corrected chi connectivity index (χ4v) is 3.85. The van der Waals surface area contributed by atoms with Crippen LogP contribution in [0, 0.1) is 5.82 Å². The number of aromatic nitrogens is 2. The highest BCUT2D eigenvalue weighted by atomic mass is 19.1. The summed E-state index contributed by atoms with van der Waals surface area (Å²) in [5, 5.41) is -0.0785. The van der Waals surface area contributed by atoms with E-state index in [9.17, 15) is 13.6 Å². The molecular weight excluding hydrogens is 304 g/mol. The Morgan fingerprint density at radius 3 is 3.22 bits per heavy atom. The van der Waals surface area contributed by atoms with Gasteiger partial charge in [-0.1, -0.05) is 6.07 Å². The van der Waals surface area contributed by atoms with Crippen LogP contribution >= 0.6 is 0 Å². The van der Waals surface area contributed by atoms with E-state index in [0.29, 0.717) is 13.0 Å². The number of hydrogen-bond acceptors (Lipinski definition) is 4. The van der Waals surface area contributed by atoms with Crippen LogP contribution in [-0.4, -0.2) is 46.3 Å². The third kappa shape index (κ3) is 2.39. The van der Waals surface area contributed by atoms with E-state index in [1.54, 1.807) is 6.07 Å². The van der Waals surface area contributed by atoms with Crippen LogP contribution in [0.3, 0.4) is 0 Å². The van der Waals surface area contributed by atoms with Gasteiger partial charge in [0, 0.05) is 13.0 Å². The summed E-state index contributed by atoms with van der Waals surface area (Å²) in [6.07, 6.45) is 1.50. The third-order valence-corrected chi connectivity index (χ3v) is 4.90. The van der Waals surface area contributed by atoms with Gasteiger partial charge in [0.05, 0.1) is 11.1 Å². The molecular formula is C16H17F2N3O2. The Hall–Kier alpha value is -2.02. The minimum atomic E-state index is -0.836. The van der Waals surface area contributed by atoms with Gasteiger partial charge in [-0.2, -0.15) is 4.98 Å². The largest absolute Gasteiger partial charge is 0.463 e. The quantitative estimate of drug-likeness (QED) is 0.940. The molecule has 2 saturated heterocycles. The lowest BCUT2D eigenvalue weighted by Gasteiger charge is -2.30. The van der Waals surface area contributed by atoms with Gasteiger partial charge in [0.25, 0.3) is 11.6 Å². The fourth-order valence-electron chi connectivity index (χ4n) is 3.85. The zero-order valence-corrected chi connectivity index (χ0v) is 12.5. The molecule has 2 aliphatic rings. The number of aromatic amines is 1. The summed E-state index contributed by atoms with van der Waals surface area (Å²) in [4.78, 5) is 20.7. The molecule has 23 heavy (non-hydrogen) atoms. The number of nitrogens with one attached hydrogen (secondary N) is 1. The number of rotatable bonds is 3. The molecule has 0 aliphatic carbocycles. The Bertz CT molecular complexity index is 810. The van der Waals surface area contributed by atoms with Gasteiger partial charge in [-0.3, -0.25) is 14.7 Å². The number of ether oxygens (including phenoxy) is 1. The van der Waals surface area contributed by atoms with Crippen molar-refractivity contribution >= 4 is 10.9 Å². The van der Waals surface area contributed by atoms with Crippen molar-refractivity contribution in [2.45, 2.75) is 31.0 Å². The third-order valence-electron chi connectivity index (χ3n) is 4.90. The van der Waals surface area contributed by atoms with Crippen LogP contribution in [0.4, 0.5) is 8.78 Å². The monoisotopic (exact) mass is 321 g/mol. The minimum absolute atomic E-state index is 0.0524. The lowest BCUT2D eigenvalue weighted by Crippen LogP contribution is -2.43. The summed E-state index contributed by atoms with van der Waals surface area (Å²) in [7, 11) is 0. The minimum Gasteiger partial charge on any atom is -0.463 e. The summed E-state index contributed by atoms with van der Waals surface area (Å²) in [5.74, 6) is -0.612. The first-order valence-corrected chi connectivity index (χ1v) is 7.78. The first-order valence-electron chi connectivity index (χ1n) is 7.78. The summed E-state index contributed by atoms with van der Waals surface area (Å²) in [5.41, 5.74) is -0.632. The highest BCUT2D eigenvalue weighted by molar-refractivity contribution is 5.78. The molecule has 1 N–H and O–H groups in total. The Labute approximate surface area is 131 Å². The summed E-state index contributed by atoms with van der Waals surface area (Å²) in [6.45, 7) is 1.59. The SMILES string of the molecule is O=c1[nH]c(OC[C@@]23CCCN2C[C@H](F)C3)nc2cccc(F)c12. The predicted molar refractivity (Wildman–Crippen MR) is 80.9 cm³/mol. The number of halogens is 2. The standard InChI is InChI=1S/C16H17F2N3O2/c17-10-7-16(5-2-6-21(16)8-10)9-23-15-19-12-4-1-3-11(18)13(12)14(22)20-15/h1,3-4,10H,2,5-9H2,(H,19,20,22)/t10-,16+/m1/s1. The van der Waals surface area contributed by atoms with Crippen molar-refractivity contribution < 1.29 is 13.5 Å². The lowest BCUT2D eigenvalue weighted by molar-refractivity contribution is 0.107. The van der Waals surface area contributed by atoms with E-state index in [1.165, 1.54) is 12.1 Å². The van der Waals surface area contributed by atoms with Gasteiger partial charge in [-0.25, -0.2) is 8.78 Å². The van der Waals surface area contributed by atoms with Crippen molar-refractivity contribution in [3.63, 3.8) is 0 Å². The predicted octanol–water partition coefficient (Wildman–Crippen LogP) is 2.02. The first-order chi connectivity index (χ1) is 11.1. The molecule has 0 spiro atoms. The van der Waals surface area contributed by atoms with E-state index in [-0.39, 0.29) is 29.1 Å². The normalized spacial score (nSPS) is 27.5. The van der Waals surface area contributed by atoms with E-state index >= 15 is 0 Å². The molecule has 3 heterocycles. The van der Waals surface area contributed by atoms with Crippen LogP contribution in [0.2, 0.25) is 0 Å². The molecule has 7 heteroatoms. The Balaban J connectivity index is 1.60. The fraction of sp³-hybridized carbons (Fsp3) is 0.500. The average molecular weight is 321 g/mol. The highest BCUT2D eigenvalue weighted by Crippen LogP contribution is 2.40. The summed E-state index contributed by atoms with van der Waals surface area (Å²) < 4.78 is 33.1. The van der Waals surface area contributed by atoms with Gasteiger partial charge in [0.15, 0.2) is 0 Å². The van der Waals surface area contributed by atoms with Crippen molar-refractivity contribution in [2.24, 2.45) is 0 Å². The maximum Gasteiger partial charge on any atom is 0.297 e. The number of fused-ring (bicyclic) bond motifs is 2. The smallest absolute Gasteiger partial charge is 0.297 e. The van der Waals surface area contributed by atoms with Gasteiger partial charge < -0.3 is 4.74 Å². The molecule has 2 aromatic rings. The molecule has 122 valence electrons. The number of H-pyrrole nitrogens is 1. The highest BCUT2D eigenvalue weighted by Gasteiger charge is 2.49. The number of hydrogen-bond donors (Lipinski definition) is 1. The van der Waals surface area contributed by atoms with Gasteiger partial charge in [0.2, 0.25) is 0 Å². The van der Waals surface area contributed by atoms with Crippen molar-refractivity contribution in [3.05, 3.63) is 34.4 Å². The molecule has 2 aliphatic heterocycles. The second kappa shape index (κ2) is 5.26. The Morgan fingerprint density at radius 2 is 2.35 bits per heavy atom. The second-order valence-corrected chi connectivity index (χ2v) is 6.37. The molecule has 2 atom stereocenters. The zero-order chi connectivity index (χ0) is 16.0. The molecule has 0 unspecified atom stereocenters. The number of nitrogens with zero attached hydrogens (tertiary/aromatic N) is 2. The topological polar surface area (TPSA) is 58.2 Å². The van der Waals surface area contributed by atoms with Crippen LogP contribution in [0.5, 0.6) is 6.01 Å². The van der Waals surface area contributed by atoms with Gasteiger partial charge >= 0.3 is 0 Å². The first kappa shape index (κ1) is 14.6. The molecule has 1 aromatic carbocycles. The summed E-state index contributed by atoms with van der Waals surface area (Å²) >= 11 is 0. The Morgan fingerprint density at radius 1 is 1.48 bits per heavy atom. The molecule has 0 radical (unpaired) electrons. The zero-order valence-electron chi connectivity index (χ0n) is 12.5. The maximum atomic E-state index is 13.7. The van der Waals surface area contributed by atoms with E-state index in [0.717, 1.165) is 19.4 Å². The van der Waals surface area contributed by atoms with Gasteiger partial charge in [-0.15, -0.1) is 0 Å². The Kier molecular flexibility index (Phi) is 3.33. The van der Waals surface area contributed by atoms with E-state index in [2.05, 4.69) is 14.9 Å². The van der Waals surface area contributed by atoms with Crippen LogP contribution in [0.25, 0.3) is 10.9 Å². The van der Waals surface area contributed by atoms with Crippen molar-refractivity contribution in [1.29, 1.82) is 0 Å². The summed E-state index contributed by atoms with van der Waals surface area (Å²) in [6, 6.07) is 4.33. The second-order valence-electron chi connectivity index (χ2n) is 6.37. The van der Waals surface area contributed by atoms with Gasteiger partial charge in [-0.05, 0) is 31.5 Å². The molecule has 0 saturated carbocycles.